The van der Waals surface area contributed by atoms with E-state index < -0.39 is 0 Å². The highest BCUT2D eigenvalue weighted by Crippen LogP contribution is 2.08. The number of H-pyrrole nitrogens is 1. The van der Waals surface area contributed by atoms with E-state index in [-0.39, 0.29) is 5.91 Å². The van der Waals surface area contributed by atoms with Gasteiger partial charge in [-0.15, -0.1) is 0 Å². The normalized spacial score (nSPS) is 16.5. The monoisotopic (exact) mass is 264 g/mol. The van der Waals surface area contributed by atoms with Gasteiger partial charge in [-0.3, -0.25) is 9.89 Å². The maximum Gasteiger partial charge on any atom is 0.271 e. The van der Waals surface area contributed by atoms with Crippen LogP contribution in [0.15, 0.2) is 6.07 Å². The second-order valence-corrected chi connectivity index (χ2v) is 5.14. The quantitative estimate of drug-likeness (QED) is 0.767. The number of aromatic nitrogens is 2. The molecule has 0 aromatic carbocycles. The molecular formula is C14H24N4O. The molecule has 0 bridgehead atoms. The molecule has 1 aromatic rings. The molecule has 1 aliphatic heterocycles. The maximum absolute atomic E-state index is 11.8. The Bertz CT molecular complexity index is 396. The summed E-state index contributed by atoms with van der Waals surface area (Å²) in [7, 11) is 0. The fourth-order valence-corrected chi connectivity index (χ4v) is 2.44. The summed E-state index contributed by atoms with van der Waals surface area (Å²) >= 11 is 0. The summed E-state index contributed by atoms with van der Waals surface area (Å²) in [6.45, 7) is 6.28. The van der Waals surface area contributed by atoms with Gasteiger partial charge in [0.2, 0.25) is 0 Å². The molecule has 0 radical (unpaired) electrons. The zero-order chi connectivity index (χ0) is 13.5. The third-order valence-electron chi connectivity index (χ3n) is 3.63. The molecule has 2 N–H and O–H groups in total. The number of hydrogen-bond donors (Lipinski definition) is 2. The van der Waals surface area contributed by atoms with Crippen LogP contribution in [0.1, 0.15) is 48.8 Å². The van der Waals surface area contributed by atoms with Crippen LogP contribution in [-0.2, 0) is 6.42 Å². The first-order chi connectivity index (χ1) is 9.29. The number of piperidine rings is 1. The van der Waals surface area contributed by atoms with Crippen LogP contribution in [0.25, 0.3) is 0 Å². The van der Waals surface area contributed by atoms with Crippen molar-refractivity contribution < 1.29 is 4.79 Å². The van der Waals surface area contributed by atoms with E-state index in [0.29, 0.717) is 5.69 Å². The van der Waals surface area contributed by atoms with Crippen LogP contribution in [-0.4, -0.2) is 47.2 Å². The zero-order valence-electron chi connectivity index (χ0n) is 11.7. The van der Waals surface area contributed by atoms with Gasteiger partial charge in [-0.1, -0.05) is 13.3 Å². The van der Waals surface area contributed by atoms with Gasteiger partial charge in [-0.25, -0.2) is 0 Å². The summed E-state index contributed by atoms with van der Waals surface area (Å²) in [6, 6.07) is 1.82. The van der Waals surface area contributed by atoms with Gasteiger partial charge in [0.1, 0.15) is 5.69 Å². The number of nitrogens with zero attached hydrogens (tertiary/aromatic N) is 2. The summed E-state index contributed by atoms with van der Waals surface area (Å²) in [6.07, 6.45) is 5.89. The molecule has 19 heavy (non-hydrogen) atoms. The van der Waals surface area contributed by atoms with Crippen molar-refractivity contribution in [2.75, 3.05) is 26.2 Å². The molecule has 0 aliphatic carbocycles. The molecule has 5 nitrogen and oxygen atoms in total. The highest BCUT2D eigenvalue weighted by molar-refractivity contribution is 5.92. The Morgan fingerprint density at radius 1 is 1.42 bits per heavy atom. The molecule has 0 spiro atoms. The molecule has 1 aromatic heterocycles. The largest absolute Gasteiger partial charge is 0.351 e. The second kappa shape index (κ2) is 7.28. The summed E-state index contributed by atoms with van der Waals surface area (Å²) in [4.78, 5) is 14.3. The van der Waals surface area contributed by atoms with Crippen molar-refractivity contribution in [1.29, 1.82) is 0 Å². The second-order valence-electron chi connectivity index (χ2n) is 5.14. The minimum atomic E-state index is -0.0744. The lowest BCUT2D eigenvalue weighted by Gasteiger charge is -2.26. The summed E-state index contributed by atoms with van der Waals surface area (Å²) in [5.41, 5.74) is 1.49. The van der Waals surface area contributed by atoms with Crippen molar-refractivity contribution in [3.05, 3.63) is 17.5 Å². The fourth-order valence-electron chi connectivity index (χ4n) is 2.44. The van der Waals surface area contributed by atoms with Crippen molar-refractivity contribution in [3.8, 4) is 0 Å². The van der Waals surface area contributed by atoms with Crippen molar-refractivity contribution in [2.45, 2.75) is 39.0 Å². The third-order valence-corrected chi connectivity index (χ3v) is 3.63. The first-order valence-electron chi connectivity index (χ1n) is 7.34. The Hall–Kier alpha value is -1.36. The van der Waals surface area contributed by atoms with Gasteiger partial charge >= 0.3 is 0 Å². The van der Waals surface area contributed by atoms with Gasteiger partial charge in [-0.05, 0) is 51.4 Å². The van der Waals surface area contributed by atoms with Gasteiger partial charge < -0.3 is 10.2 Å². The number of likely N-dealkylation sites (tertiary alicyclic amines) is 1. The fraction of sp³-hybridized carbons (Fsp3) is 0.714. The minimum Gasteiger partial charge on any atom is -0.351 e. The Morgan fingerprint density at radius 3 is 2.89 bits per heavy atom. The number of aromatic amines is 1. The number of carbonyl (C=O) groups is 1. The van der Waals surface area contributed by atoms with Crippen LogP contribution in [0.2, 0.25) is 0 Å². The summed E-state index contributed by atoms with van der Waals surface area (Å²) in [5, 5.41) is 9.80. The number of carbonyl (C=O) groups excluding carboxylic acids is 1. The van der Waals surface area contributed by atoms with E-state index in [1.807, 2.05) is 13.0 Å². The maximum atomic E-state index is 11.8. The van der Waals surface area contributed by atoms with E-state index in [1.165, 1.54) is 32.4 Å². The molecule has 106 valence electrons. The van der Waals surface area contributed by atoms with Crippen molar-refractivity contribution in [3.63, 3.8) is 0 Å². The molecule has 2 heterocycles. The molecule has 1 aliphatic rings. The van der Waals surface area contributed by atoms with Crippen molar-refractivity contribution in [1.82, 2.24) is 20.4 Å². The molecule has 2 rings (SSSR count). The molecule has 0 saturated carbocycles. The van der Waals surface area contributed by atoms with E-state index in [1.54, 1.807) is 0 Å². The SMILES string of the molecule is CCc1cc(C(=O)NCCCN2CCCCC2)n[nH]1. The Kier molecular flexibility index (Phi) is 5.39. The number of aryl methyl sites for hydroxylation is 1. The number of rotatable bonds is 6. The van der Waals surface area contributed by atoms with Crippen LogP contribution < -0.4 is 5.32 Å². The van der Waals surface area contributed by atoms with Gasteiger partial charge in [-0.2, -0.15) is 5.10 Å². The molecule has 1 saturated heterocycles. The molecular weight excluding hydrogens is 240 g/mol. The van der Waals surface area contributed by atoms with E-state index in [2.05, 4.69) is 20.4 Å². The predicted molar refractivity (Wildman–Crippen MR) is 75.2 cm³/mol. The van der Waals surface area contributed by atoms with Crippen LogP contribution >= 0.6 is 0 Å². The van der Waals surface area contributed by atoms with Gasteiger partial charge in [0.25, 0.3) is 5.91 Å². The highest BCUT2D eigenvalue weighted by atomic mass is 16.1. The van der Waals surface area contributed by atoms with Crippen LogP contribution in [0.3, 0.4) is 0 Å². The van der Waals surface area contributed by atoms with Gasteiger partial charge in [0.15, 0.2) is 0 Å². The Morgan fingerprint density at radius 2 is 2.21 bits per heavy atom. The average Bonchev–Trinajstić information content (AvgIpc) is 2.93. The van der Waals surface area contributed by atoms with Crippen LogP contribution in [0.4, 0.5) is 0 Å². The first kappa shape index (κ1) is 14.1. The number of nitrogens with one attached hydrogen (secondary N) is 2. The topological polar surface area (TPSA) is 61.0 Å². The third kappa shape index (κ3) is 4.35. The molecule has 1 fully saturated rings. The van der Waals surface area contributed by atoms with Gasteiger partial charge in [0.05, 0.1) is 0 Å². The molecule has 5 heteroatoms. The smallest absolute Gasteiger partial charge is 0.271 e. The molecule has 0 atom stereocenters. The highest BCUT2D eigenvalue weighted by Gasteiger charge is 2.11. The lowest BCUT2D eigenvalue weighted by molar-refractivity contribution is 0.0946. The van der Waals surface area contributed by atoms with E-state index in [0.717, 1.165) is 31.6 Å². The van der Waals surface area contributed by atoms with Crippen LogP contribution in [0.5, 0.6) is 0 Å². The van der Waals surface area contributed by atoms with E-state index in [4.69, 9.17) is 0 Å². The number of hydrogen-bond acceptors (Lipinski definition) is 3. The molecule has 0 unspecified atom stereocenters. The van der Waals surface area contributed by atoms with Crippen molar-refractivity contribution in [2.24, 2.45) is 0 Å². The predicted octanol–water partition coefficient (Wildman–Crippen LogP) is 1.58. The minimum absolute atomic E-state index is 0.0744. The zero-order valence-corrected chi connectivity index (χ0v) is 11.7. The first-order valence-corrected chi connectivity index (χ1v) is 7.34. The van der Waals surface area contributed by atoms with Crippen molar-refractivity contribution >= 4 is 5.91 Å². The number of amides is 1. The summed E-state index contributed by atoms with van der Waals surface area (Å²) in [5.74, 6) is -0.0744. The lowest BCUT2D eigenvalue weighted by Crippen LogP contribution is -2.33. The standard InChI is InChI=1S/C14H24N4O/c1-2-12-11-13(17-16-12)14(19)15-7-6-10-18-8-4-3-5-9-18/h11H,2-10H2,1H3,(H,15,19)(H,16,17). The Labute approximate surface area is 114 Å². The van der Waals surface area contributed by atoms with Gasteiger partial charge in [0, 0.05) is 12.2 Å². The Balaban J connectivity index is 1.63. The average molecular weight is 264 g/mol. The van der Waals surface area contributed by atoms with E-state index >= 15 is 0 Å². The van der Waals surface area contributed by atoms with E-state index in [9.17, 15) is 4.79 Å². The molecule has 1 amide bonds. The summed E-state index contributed by atoms with van der Waals surface area (Å²) < 4.78 is 0. The van der Waals surface area contributed by atoms with Crippen LogP contribution in [0, 0.1) is 0 Å². The lowest BCUT2D eigenvalue weighted by atomic mass is 10.1.